The summed E-state index contributed by atoms with van der Waals surface area (Å²) in [5.74, 6) is 0. The van der Waals surface area contributed by atoms with E-state index in [1.807, 2.05) is 91.3 Å². The second-order valence-electron chi connectivity index (χ2n) is 21.4. The molecule has 3 nitrogen and oxygen atoms in total. The molecule has 0 aliphatic carbocycles. The first-order valence-corrected chi connectivity index (χ1v) is 28.9. The second kappa shape index (κ2) is 25.4. The Kier molecular flexibility index (Phi) is 15.2. The van der Waals surface area contributed by atoms with Gasteiger partial charge in [0.1, 0.15) is 0 Å². The molecular formula is C83H56IrN3. The maximum Gasteiger partial charge on any atom is 3.00 e. The van der Waals surface area contributed by atoms with Gasteiger partial charge >= 0.3 is 20.1 Å². The molecule has 0 radical (unpaired) electrons. The summed E-state index contributed by atoms with van der Waals surface area (Å²) in [7, 11) is 0. The summed E-state index contributed by atoms with van der Waals surface area (Å²) in [4.78, 5) is 14.4. The van der Waals surface area contributed by atoms with Crippen LogP contribution in [0.5, 0.6) is 0 Å². The first-order chi connectivity index (χ1) is 43.8. The minimum Gasteiger partial charge on any atom is -0.305 e. The fourth-order valence-electron chi connectivity index (χ4n) is 11.9. The summed E-state index contributed by atoms with van der Waals surface area (Å²) in [5, 5.41) is 0. The Morgan fingerprint density at radius 2 is 0.678 bits per heavy atom. The zero-order valence-electron chi connectivity index (χ0n) is 50.3. The average molecular weight is 1290 g/mol. The first kappa shape index (κ1) is 52.1. The molecule has 0 spiro atoms. The Labute approximate surface area is 527 Å². The molecule has 0 saturated carbocycles. The van der Waals surface area contributed by atoms with Crippen molar-refractivity contribution >= 4 is 0 Å². The fourth-order valence-corrected chi connectivity index (χ4v) is 11.9. The predicted octanol–water partition coefficient (Wildman–Crippen LogP) is 21.2. The molecule has 0 amide bonds. The van der Waals surface area contributed by atoms with E-state index in [2.05, 4.69) is 224 Å². The maximum atomic E-state index is 8.65. The van der Waals surface area contributed by atoms with Crippen LogP contribution in [0.3, 0.4) is 0 Å². The summed E-state index contributed by atoms with van der Waals surface area (Å²) >= 11 is 0. The van der Waals surface area contributed by atoms with Crippen LogP contribution in [0.15, 0.2) is 310 Å². The van der Waals surface area contributed by atoms with Crippen LogP contribution in [0, 0.1) is 25.1 Å². The van der Waals surface area contributed by atoms with Gasteiger partial charge in [-0.15, -0.1) is 71.3 Å². The molecule has 11 aromatic carbocycles. The zero-order chi connectivity index (χ0) is 60.1. The van der Waals surface area contributed by atoms with Crippen molar-refractivity contribution in [3.63, 3.8) is 0 Å². The SMILES string of the molecule is [2H]C([2H])([2H])c1cc(-c2[c-]cc(-c3ccccc3-c3cc(Cc4ccccc4-c4c[c-]c(-c5ccccn5)cc4-c4ccccc4)cc(-c4ccccc4-c4c[c-]c(-c5ccccn5)cc4-c4ccccc4)c3)c(-c3ccccc3)c2)ncc1-c1ccccc1.[Ir+3]. The van der Waals surface area contributed by atoms with Crippen molar-refractivity contribution in [3.05, 3.63) is 345 Å². The molecule has 0 aliphatic rings. The normalized spacial score (nSPS) is 11.7. The Balaban J connectivity index is 0.00000743. The van der Waals surface area contributed by atoms with Gasteiger partial charge in [0.2, 0.25) is 0 Å². The quantitative estimate of drug-likeness (QED) is 0.102. The molecule has 0 fully saturated rings. The molecule has 0 unspecified atom stereocenters. The van der Waals surface area contributed by atoms with E-state index in [4.69, 9.17) is 19.1 Å². The van der Waals surface area contributed by atoms with Crippen molar-refractivity contribution in [3.8, 4) is 134 Å². The number of rotatable bonds is 14. The molecule has 87 heavy (non-hydrogen) atoms. The summed E-state index contributed by atoms with van der Waals surface area (Å²) in [6.45, 7) is -2.39. The van der Waals surface area contributed by atoms with E-state index in [-0.39, 0.29) is 25.7 Å². The van der Waals surface area contributed by atoms with Crippen LogP contribution in [-0.4, -0.2) is 15.0 Å². The van der Waals surface area contributed by atoms with Gasteiger partial charge in [0, 0.05) is 28.3 Å². The van der Waals surface area contributed by atoms with Crippen LogP contribution in [0.1, 0.15) is 20.8 Å². The van der Waals surface area contributed by atoms with Gasteiger partial charge in [-0.2, -0.15) is 0 Å². The van der Waals surface area contributed by atoms with Gasteiger partial charge in [-0.3, -0.25) is 0 Å². The molecule has 0 N–H and O–H groups in total. The monoisotopic (exact) mass is 1290 g/mol. The van der Waals surface area contributed by atoms with Gasteiger partial charge in [0.25, 0.3) is 0 Å². The van der Waals surface area contributed by atoms with Gasteiger partial charge in [0.15, 0.2) is 0 Å². The van der Waals surface area contributed by atoms with E-state index in [1.165, 1.54) is 5.56 Å². The van der Waals surface area contributed by atoms with E-state index < -0.39 is 6.85 Å². The number of aromatic nitrogens is 3. The fraction of sp³-hybridized carbons (Fsp3) is 0.0241. The molecule has 0 atom stereocenters. The molecule has 14 aromatic rings. The minimum absolute atomic E-state index is 0. The van der Waals surface area contributed by atoms with Crippen molar-refractivity contribution in [2.45, 2.75) is 13.3 Å². The van der Waals surface area contributed by atoms with Crippen LogP contribution in [0.2, 0.25) is 0 Å². The standard InChI is InChI=1S/C83H56N3.Ir/c1-57-48-83(86-56-80(57)62-30-12-5-13-31-62)66-42-45-76(79(55-66)61-28-10-4-11-29-61)73-37-19-17-35-71(73)68-51-58(49-63-32-14-15-33-69(63)74-43-40-64(81-38-20-22-46-84-81)53-77(74)59-24-6-2-7-25-59)50-67(52-68)70-34-16-18-36-72(70)75-44-41-65(82-39-21-23-47-85-82)54-78(75)60-26-8-3-9-27-60;/h2-39,43-48,50-56H,49H2,1H3;/q-3;+3/i1D3;. The number of nitrogens with zero attached hydrogens (tertiary/aromatic N) is 3. The summed E-state index contributed by atoms with van der Waals surface area (Å²) in [6, 6.07) is 112. The van der Waals surface area contributed by atoms with E-state index in [9.17, 15) is 0 Å². The van der Waals surface area contributed by atoms with Crippen molar-refractivity contribution in [2.24, 2.45) is 0 Å². The van der Waals surface area contributed by atoms with Crippen LogP contribution >= 0.6 is 0 Å². The van der Waals surface area contributed by atoms with Crippen molar-refractivity contribution in [2.75, 3.05) is 0 Å². The maximum absolute atomic E-state index is 8.65. The molecule has 0 saturated heterocycles. The van der Waals surface area contributed by atoms with E-state index >= 15 is 0 Å². The number of aryl methyl sites for hydroxylation is 1. The Bertz CT molecular complexity index is 4830. The van der Waals surface area contributed by atoms with Gasteiger partial charge in [0.05, 0.1) is 0 Å². The molecule has 0 bridgehead atoms. The van der Waals surface area contributed by atoms with E-state index in [0.717, 1.165) is 123 Å². The molecular weight excluding hydrogens is 1230 g/mol. The third-order valence-electron chi connectivity index (χ3n) is 16.0. The van der Waals surface area contributed by atoms with Crippen LogP contribution in [-0.2, 0) is 26.5 Å². The third-order valence-corrected chi connectivity index (χ3v) is 16.0. The molecule has 3 aromatic heterocycles. The number of hydrogen-bond donors (Lipinski definition) is 0. The Morgan fingerprint density at radius 3 is 1.11 bits per heavy atom. The summed E-state index contributed by atoms with van der Waals surface area (Å²) in [6.07, 6.45) is 5.96. The Morgan fingerprint density at radius 1 is 0.299 bits per heavy atom. The van der Waals surface area contributed by atoms with Crippen LogP contribution in [0.25, 0.3) is 134 Å². The van der Waals surface area contributed by atoms with Crippen molar-refractivity contribution in [1.82, 2.24) is 15.0 Å². The van der Waals surface area contributed by atoms with Gasteiger partial charge < -0.3 is 15.0 Å². The van der Waals surface area contributed by atoms with Crippen LogP contribution in [0.4, 0.5) is 0 Å². The van der Waals surface area contributed by atoms with Crippen molar-refractivity contribution in [1.29, 1.82) is 0 Å². The third kappa shape index (κ3) is 11.7. The molecule has 412 valence electrons. The molecule has 14 rings (SSSR count). The largest absolute Gasteiger partial charge is 3.00 e. The average Bonchev–Trinajstić information content (AvgIpc) is 1.01. The van der Waals surface area contributed by atoms with Gasteiger partial charge in [-0.25, -0.2) is 0 Å². The Hall–Kier alpha value is -10.5. The molecule has 0 aliphatic heterocycles. The topological polar surface area (TPSA) is 38.7 Å². The number of hydrogen-bond acceptors (Lipinski definition) is 3. The molecule has 3 heterocycles. The number of pyridine rings is 3. The second-order valence-corrected chi connectivity index (χ2v) is 21.4. The first-order valence-electron chi connectivity index (χ1n) is 30.4. The van der Waals surface area contributed by atoms with Gasteiger partial charge in [-0.1, -0.05) is 287 Å². The zero-order valence-corrected chi connectivity index (χ0v) is 49.7. The smallest absolute Gasteiger partial charge is 0.305 e. The van der Waals surface area contributed by atoms with E-state index in [1.54, 1.807) is 12.3 Å². The van der Waals surface area contributed by atoms with Gasteiger partial charge in [-0.05, 0) is 110 Å². The predicted molar refractivity (Wildman–Crippen MR) is 356 cm³/mol. The van der Waals surface area contributed by atoms with Crippen molar-refractivity contribution < 1.29 is 24.2 Å². The minimum atomic E-state index is -2.39. The number of benzene rings is 11. The molecule has 4 heteroatoms. The summed E-state index contributed by atoms with van der Waals surface area (Å²) in [5.41, 5.74) is 25.6. The van der Waals surface area contributed by atoms with Crippen LogP contribution < -0.4 is 0 Å². The summed E-state index contributed by atoms with van der Waals surface area (Å²) < 4.78 is 26.0. The van der Waals surface area contributed by atoms with E-state index in [0.29, 0.717) is 23.2 Å².